The van der Waals surface area contributed by atoms with Crippen molar-refractivity contribution in [3.8, 4) is 22.9 Å². The minimum atomic E-state index is -0.159. The molecule has 28 heavy (non-hydrogen) atoms. The predicted molar refractivity (Wildman–Crippen MR) is 104 cm³/mol. The zero-order valence-electron chi connectivity index (χ0n) is 16.2. The molecule has 0 aliphatic heterocycles. The largest absolute Gasteiger partial charge is 0.497 e. The Morgan fingerprint density at radius 2 is 1.89 bits per heavy atom. The third-order valence-electron chi connectivity index (χ3n) is 4.23. The van der Waals surface area contributed by atoms with Gasteiger partial charge in [0.2, 0.25) is 11.7 Å². The molecule has 0 N–H and O–H groups in total. The maximum Gasteiger partial charge on any atom is 0.260 e. The summed E-state index contributed by atoms with van der Waals surface area (Å²) in [5, 5.41) is 4.02. The number of methoxy groups -OCH3 is 1. The summed E-state index contributed by atoms with van der Waals surface area (Å²) in [4.78, 5) is 18.5. The summed E-state index contributed by atoms with van der Waals surface area (Å²) < 4.78 is 16.0. The van der Waals surface area contributed by atoms with Gasteiger partial charge < -0.3 is 18.9 Å². The monoisotopic (exact) mass is 381 g/mol. The molecule has 3 aromatic rings. The smallest absolute Gasteiger partial charge is 0.260 e. The summed E-state index contributed by atoms with van der Waals surface area (Å²) in [6, 6.07) is 14.9. The van der Waals surface area contributed by atoms with Gasteiger partial charge in [0, 0.05) is 12.1 Å². The molecule has 146 valence electrons. The van der Waals surface area contributed by atoms with Crippen LogP contribution in [-0.2, 0) is 11.3 Å². The van der Waals surface area contributed by atoms with Crippen LogP contribution in [-0.4, -0.2) is 41.2 Å². The molecule has 3 rings (SSSR count). The van der Waals surface area contributed by atoms with E-state index in [1.54, 1.807) is 36.3 Å². The Kier molecular flexibility index (Phi) is 6.26. The van der Waals surface area contributed by atoms with Crippen molar-refractivity contribution in [2.45, 2.75) is 20.4 Å². The Bertz CT molecular complexity index is 921. The molecular weight excluding hydrogens is 358 g/mol. The highest BCUT2D eigenvalue weighted by molar-refractivity contribution is 5.77. The number of carbonyl (C=O) groups excluding carboxylic acids is 1. The number of nitrogens with zero attached hydrogens (tertiary/aromatic N) is 3. The van der Waals surface area contributed by atoms with E-state index in [9.17, 15) is 4.79 Å². The van der Waals surface area contributed by atoms with Gasteiger partial charge in [0.05, 0.1) is 7.11 Å². The molecule has 7 nitrogen and oxygen atoms in total. The first-order valence-electron chi connectivity index (χ1n) is 9.03. The Morgan fingerprint density at radius 3 is 2.57 bits per heavy atom. The molecule has 0 aliphatic carbocycles. The summed E-state index contributed by atoms with van der Waals surface area (Å²) >= 11 is 0. The van der Waals surface area contributed by atoms with Crippen LogP contribution in [0.3, 0.4) is 0 Å². The average molecular weight is 381 g/mol. The van der Waals surface area contributed by atoms with Crippen molar-refractivity contribution in [1.82, 2.24) is 15.0 Å². The number of carbonyl (C=O) groups is 1. The molecule has 0 unspecified atom stereocenters. The lowest BCUT2D eigenvalue weighted by molar-refractivity contribution is -0.134. The van der Waals surface area contributed by atoms with Crippen LogP contribution in [0.5, 0.6) is 11.5 Å². The van der Waals surface area contributed by atoms with Gasteiger partial charge in [-0.15, -0.1) is 0 Å². The highest BCUT2D eigenvalue weighted by Gasteiger charge is 2.17. The molecule has 0 saturated carbocycles. The van der Waals surface area contributed by atoms with E-state index < -0.39 is 0 Å². The van der Waals surface area contributed by atoms with Gasteiger partial charge in [-0.1, -0.05) is 28.9 Å². The third-order valence-corrected chi connectivity index (χ3v) is 4.23. The minimum absolute atomic E-state index is 0.0704. The molecule has 0 aliphatic rings. The molecule has 2 aromatic carbocycles. The van der Waals surface area contributed by atoms with Crippen LogP contribution >= 0.6 is 0 Å². The Balaban J connectivity index is 1.59. The van der Waals surface area contributed by atoms with Gasteiger partial charge in [-0.3, -0.25) is 4.79 Å². The van der Waals surface area contributed by atoms with E-state index in [1.165, 1.54) is 0 Å². The Morgan fingerprint density at radius 1 is 1.14 bits per heavy atom. The van der Waals surface area contributed by atoms with Crippen molar-refractivity contribution in [3.63, 3.8) is 0 Å². The second-order valence-corrected chi connectivity index (χ2v) is 6.25. The number of benzene rings is 2. The SMILES string of the molecule is CCN(Cc1nc(-c2cccc(C)c2)no1)C(=O)COc1ccc(OC)cc1. The number of hydrogen-bond donors (Lipinski definition) is 0. The summed E-state index contributed by atoms with van der Waals surface area (Å²) in [7, 11) is 1.60. The summed E-state index contributed by atoms with van der Waals surface area (Å²) in [6.07, 6.45) is 0. The maximum atomic E-state index is 12.5. The van der Waals surface area contributed by atoms with Crippen LogP contribution in [0, 0.1) is 6.92 Å². The molecule has 0 spiro atoms. The number of ether oxygens (including phenoxy) is 2. The summed E-state index contributed by atoms with van der Waals surface area (Å²) in [5.41, 5.74) is 2.00. The first kappa shape index (κ1) is 19.4. The van der Waals surface area contributed by atoms with Gasteiger partial charge >= 0.3 is 0 Å². The van der Waals surface area contributed by atoms with Crippen molar-refractivity contribution in [2.75, 3.05) is 20.3 Å². The van der Waals surface area contributed by atoms with Crippen molar-refractivity contribution >= 4 is 5.91 Å². The van der Waals surface area contributed by atoms with Crippen LogP contribution in [0.4, 0.5) is 0 Å². The standard InChI is InChI=1S/C21H23N3O4/c1-4-24(20(25)14-27-18-10-8-17(26-3)9-11-18)13-19-22-21(23-28-19)16-7-5-6-15(2)12-16/h5-12H,4,13-14H2,1-3H3. The van der Waals surface area contributed by atoms with Gasteiger partial charge in [-0.2, -0.15) is 4.98 Å². The molecule has 7 heteroatoms. The van der Waals surface area contributed by atoms with Gasteiger partial charge in [-0.05, 0) is 44.2 Å². The van der Waals surface area contributed by atoms with E-state index >= 15 is 0 Å². The van der Waals surface area contributed by atoms with E-state index in [-0.39, 0.29) is 19.1 Å². The molecule has 0 radical (unpaired) electrons. The van der Waals surface area contributed by atoms with Gasteiger partial charge in [0.25, 0.3) is 5.91 Å². The second-order valence-electron chi connectivity index (χ2n) is 6.25. The molecule has 1 aromatic heterocycles. The molecule has 0 fully saturated rings. The van der Waals surface area contributed by atoms with Crippen molar-refractivity contribution in [1.29, 1.82) is 0 Å². The van der Waals surface area contributed by atoms with Gasteiger partial charge in [0.15, 0.2) is 6.61 Å². The van der Waals surface area contributed by atoms with Gasteiger partial charge in [-0.25, -0.2) is 0 Å². The fourth-order valence-corrected chi connectivity index (χ4v) is 2.67. The fraction of sp³-hybridized carbons (Fsp3) is 0.286. The molecule has 1 heterocycles. The lowest BCUT2D eigenvalue weighted by Gasteiger charge is -2.19. The zero-order valence-corrected chi connectivity index (χ0v) is 16.2. The average Bonchev–Trinajstić information content (AvgIpc) is 3.19. The molecule has 1 amide bonds. The Labute approximate surface area is 163 Å². The number of hydrogen-bond acceptors (Lipinski definition) is 6. The van der Waals surface area contributed by atoms with Gasteiger partial charge in [0.1, 0.15) is 18.0 Å². The van der Waals surface area contributed by atoms with Crippen molar-refractivity contribution in [3.05, 3.63) is 60.0 Å². The van der Waals surface area contributed by atoms with Crippen molar-refractivity contribution < 1.29 is 18.8 Å². The first-order valence-corrected chi connectivity index (χ1v) is 9.03. The lowest BCUT2D eigenvalue weighted by atomic mass is 10.1. The second kappa shape index (κ2) is 9.03. The van der Waals surface area contributed by atoms with E-state index in [2.05, 4.69) is 10.1 Å². The number of amides is 1. The Hall–Kier alpha value is -3.35. The van der Waals surface area contributed by atoms with Crippen LogP contribution in [0.1, 0.15) is 18.4 Å². The zero-order chi connectivity index (χ0) is 19.9. The van der Waals surface area contributed by atoms with Crippen LogP contribution < -0.4 is 9.47 Å². The molecule has 0 saturated heterocycles. The quantitative estimate of drug-likeness (QED) is 0.594. The molecular formula is C21H23N3O4. The number of aryl methyl sites for hydroxylation is 1. The highest BCUT2D eigenvalue weighted by Crippen LogP contribution is 2.19. The van der Waals surface area contributed by atoms with E-state index in [0.717, 1.165) is 16.9 Å². The minimum Gasteiger partial charge on any atom is -0.497 e. The number of likely N-dealkylation sites (N-methyl/N-ethyl adjacent to an activating group) is 1. The third kappa shape index (κ3) is 4.88. The molecule has 0 bridgehead atoms. The number of rotatable bonds is 8. The topological polar surface area (TPSA) is 77.7 Å². The maximum absolute atomic E-state index is 12.5. The normalized spacial score (nSPS) is 10.5. The van der Waals surface area contributed by atoms with E-state index in [0.29, 0.717) is 24.0 Å². The van der Waals surface area contributed by atoms with Crippen molar-refractivity contribution in [2.24, 2.45) is 0 Å². The highest BCUT2D eigenvalue weighted by atomic mass is 16.5. The van der Waals surface area contributed by atoms with E-state index in [4.69, 9.17) is 14.0 Å². The van der Waals surface area contributed by atoms with Crippen LogP contribution in [0.2, 0.25) is 0 Å². The number of aromatic nitrogens is 2. The fourth-order valence-electron chi connectivity index (χ4n) is 2.67. The summed E-state index contributed by atoms with van der Waals surface area (Å²) in [6.45, 7) is 4.57. The lowest BCUT2D eigenvalue weighted by Crippen LogP contribution is -2.34. The van der Waals surface area contributed by atoms with E-state index in [1.807, 2.05) is 38.1 Å². The van der Waals surface area contributed by atoms with Crippen LogP contribution in [0.25, 0.3) is 11.4 Å². The molecule has 0 atom stereocenters. The predicted octanol–water partition coefficient (Wildman–Crippen LogP) is 3.48. The first-order chi connectivity index (χ1) is 13.6. The van der Waals surface area contributed by atoms with Crippen LogP contribution in [0.15, 0.2) is 53.1 Å². The summed E-state index contributed by atoms with van der Waals surface area (Å²) in [5.74, 6) is 2.07.